The molecule has 0 saturated heterocycles. The number of aryl methyl sites for hydroxylation is 2. The number of aromatic nitrogens is 4. The number of fused-ring (bicyclic) bond motifs is 1. The second kappa shape index (κ2) is 5.20. The fourth-order valence-corrected chi connectivity index (χ4v) is 3.33. The molecule has 0 aliphatic carbocycles. The minimum Gasteiger partial charge on any atom is -0.370 e. The molecule has 0 amide bonds. The van der Waals surface area contributed by atoms with Crippen LogP contribution < -0.4 is 5.32 Å². The Kier molecular flexibility index (Phi) is 3.51. The highest BCUT2D eigenvalue weighted by Gasteiger charge is 2.27. The van der Waals surface area contributed by atoms with Gasteiger partial charge in [0.1, 0.15) is 5.82 Å². The number of anilines is 1. The van der Waals surface area contributed by atoms with E-state index < -0.39 is 0 Å². The third-order valence-corrected chi connectivity index (χ3v) is 4.32. The van der Waals surface area contributed by atoms with Gasteiger partial charge in [0.15, 0.2) is 0 Å². The summed E-state index contributed by atoms with van der Waals surface area (Å²) in [7, 11) is 2.01. The number of hydrogen-bond acceptors (Lipinski definition) is 3. The fraction of sp³-hybridized carbons (Fsp3) is 0.625. The first-order valence-electron chi connectivity index (χ1n) is 7.79. The highest BCUT2D eigenvalue weighted by Crippen LogP contribution is 2.33. The summed E-state index contributed by atoms with van der Waals surface area (Å²) < 4.78 is 4.14. The van der Waals surface area contributed by atoms with E-state index in [9.17, 15) is 0 Å². The highest BCUT2D eigenvalue weighted by atomic mass is 15.4. The predicted molar refractivity (Wildman–Crippen MR) is 84.7 cm³/mol. The van der Waals surface area contributed by atoms with Crippen molar-refractivity contribution in [3.05, 3.63) is 28.7 Å². The lowest BCUT2D eigenvalue weighted by Gasteiger charge is -2.26. The van der Waals surface area contributed by atoms with Crippen LogP contribution in [0.15, 0.2) is 6.07 Å². The third-order valence-electron chi connectivity index (χ3n) is 4.32. The van der Waals surface area contributed by atoms with Crippen LogP contribution >= 0.6 is 0 Å². The summed E-state index contributed by atoms with van der Waals surface area (Å²) in [6, 6.07) is 2.50. The van der Waals surface area contributed by atoms with Gasteiger partial charge in [-0.1, -0.05) is 13.8 Å². The molecule has 0 radical (unpaired) electrons. The van der Waals surface area contributed by atoms with Gasteiger partial charge in [-0.3, -0.25) is 4.68 Å². The molecule has 1 aliphatic rings. The molecular formula is C16H25N5. The zero-order chi connectivity index (χ0) is 15.1. The van der Waals surface area contributed by atoms with Crippen molar-refractivity contribution in [2.24, 2.45) is 13.0 Å². The Morgan fingerprint density at radius 2 is 2.10 bits per heavy atom. The second-order valence-electron chi connectivity index (χ2n) is 6.50. The summed E-state index contributed by atoms with van der Waals surface area (Å²) in [5.41, 5.74) is 4.87. The zero-order valence-electron chi connectivity index (χ0n) is 13.6. The molecule has 1 unspecified atom stereocenters. The molecule has 3 heterocycles. The van der Waals surface area contributed by atoms with Crippen LogP contribution in [0.3, 0.4) is 0 Å². The van der Waals surface area contributed by atoms with E-state index in [-0.39, 0.29) is 0 Å². The van der Waals surface area contributed by atoms with Crippen molar-refractivity contribution in [3.8, 4) is 0 Å². The number of nitrogens with one attached hydrogen (secondary N) is 1. The lowest BCUT2D eigenvalue weighted by Crippen LogP contribution is -2.25. The van der Waals surface area contributed by atoms with E-state index in [0.717, 1.165) is 30.9 Å². The quantitative estimate of drug-likeness (QED) is 0.944. The summed E-state index contributed by atoms with van der Waals surface area (Å²) in [5.74, 6) is 1.77. The van der Waals surface area contributed by atoms with Crippen LogP contribution in [0.1, 0.15) is 49.0 Å². The van der Waals surface area contributed by atoms with Crippen molar-refractivity contribution in [1.82, 2.24) is 19.6 Å². The van der Waals surface area contributed by atoms with Gasteiger partial charge in [0.2, 0.25) is 0 Å². The van der Waals surface area contributed by atoms with Crippen molar-refractivity contribution < 1.29 is 0 Å². The van der Waals surface area contributed by atoms with Gasteiger partial charge in [-0.15, -0.1) is 0 Å². The van der Waals surface area contributed by atoms with E-state index in [1.54, 1.807) is 0 Å². The van der Waals surface area contributed by atoms with Crippen molar-refractivity contribution >= 4 is 5.82 Å². The lowest BCUT2D eigenvalue weighted by atomic mass is 10.0. The maximum atomic E-state index is 4.86. The van der Waals surface area contributed by atoms with Crippen LogP contribution in [-0.2, 0) is 13.5 Å². The monoisotopic (exact) mass is 287 g/mol. The van der Waals surface area contributed by atoms with Gasteiger partial charge >= 0.3 is 0 Å². The molecule has 0 spiro atoms. The molecular weight excluding hydrogens is 262 g/mol. The summed E-state index contributed by atoms with van der Waals surface area (Å²) in [5, 5.41) is 12.9. The van der Waals surface area contributed by atoms with Crippen molar-refractivity contribution in [2.45, 2.75) is 46.6 Å². The molecule has 0 saturated carbocycles. The van der Waals surface area contributed by atoms with E-state index in [0.29, 0.717) is 12.0 Å². The largest absolute Gasteiger partial charge is 0.370 e. The molecule has 0 bridgehead atoms. The first kappa shape index (κ1) is 14.2. The number of hydrogen-bond donors (Lipinski definition) is 1. The Morgan fingerprint density at radius 1 is 1.33 bits per heavy atom. The summed E-state index contributed by atoms with van der Waals surface area (Å²) in [4.78, 5) is 0. The minimum absolute atomic E-state index is 0.302. The number of rotatable bonds is 3. The molecule has 5 nitrogen and oxygen atoms in total. The first-order chi connectivity index (χ1) is 9.97. The van der Waals surface area contributed by atoms with Crippen LogP contribution in [0.5, 0.6) is 0 Å². The average molecular weight is 287 g/mol. The van der Waals surface area contributed by atoms with Gasteiger partial charge in [0.25, 0.3) is 0 Å². The summed E-state index contributed by atoms with van der Waals surface area (Å²) in [6.45, 7) is 9.71. The van der Waals surface area contributed by atoms with E-state index in [4.69, 9.17) is 5.10 Å². The number of nitrogens with zero attached hydrogens (tertiary/aromatic N) is 4. The third kappa shape index (κ3) is 2.45. The first-order valence-corrected chi connectivity index (χ1v) is 7.79. The lowest BCUT2D eigenvalue weighted by molar-refractivity contribution is 0.470. The second-order valence-corrected chi connectivity index (χ2v) is 6.50. The van der Waals surface area contributed by atoms with Gasteiger partial charge in [0, 0.05) is 30.9 Å². The topological polar surface area (TPSA) is 47.7 Å². The average Bonchev–Trinajstić information content (AvgIpc) is 2.90. The molecule has 21 heavy (non-hydrogen) atoms. The normalized spacial score (nSPS) is 17.9. The summed E-state index contributed by atoms with van der Waals surface area (Å²) >= 11 is 0. The Bertz CT molecular complexity index is 650. The Hall–Kier alpha value is -1.78. The van der Waals surface area contributed by atoms with Crippen LogP contribution in [0, 0.1) is 19.8 Å². The molecule has 5 heteroatoms. The smallest absolute Gasteiger partial charge is 0.125 e. The SMILES string of the molecule is Cc1nn(C)c(C)c1C1CCNc2cc(CC(C)C)nn21. The molecule has 114 valence electrons. The molecule has 0 fully saturated rings. The van der Waals surface area contributed by atoms with Gasteiger partial charge in [-0.2, -0.15) is 10.2 Å². The van der Waals surface area contributed by atoms with Gasteiger partial charge in [-0.05, 0) is 32.6 Å². The Labute approximate surface area is 126 Å². The molecule has 1 aliphatic heterocycles. The van der Waals surface area contributed by atoms with Crippen LogP contribution in [-0.4, -0.2) is 26.1 Å². The van der Waals surface area contributed by atoms with E-state index in [2.05, 4.69) is 48.9 Å². The summed E-state index contributed by atoms with van der Waals surface area (Å²) in [6.07, 6.45) is 2.09. The van der Waals surface area contributed by atoms with Crippen molar-refractivity contribution in [1.29, 1.82) is 0 Å². The van der Waals surface area contributed by atoms with E-state index in [1.165, 1.54) is 17.0 Å². The van der Waals surface area contributed by atoms with Crippen molar-refractivity contribution in [2.75, 3.05) is 11.9 Å². The zero-order valence-corrected chi connectivity index (χ0v) is 13.6. The molecule has 0 aromatic carbocycles. The minimum atomic E-state index is 0.302. The molecule has 1 atom stereocenters. The van der Waals surface area contributed by atoms with Gasteiger partial charge < -0.3 is 5.32 Å². The molecule has 3 rings (SSSR count). The van der Waals surface area contributed by atoms with Crippen LogP contribution in [0.25, 0.3) is 0 Å². The van der Waals surface area contributed by atoms with E-state index >= 15 is 0 Å². The molecule has 1 N–H and O–H groups in total. The highest BCUT2D eigenvalue weighted by molar-refractivity contribution is 5.43. The maximum absolute atomic E-state index is 4.86. The standard InChI is InChI=1S/C16H25N5/c1-10(2)8-13-9-15-17-7-6-14(21(15)19-13)16-11(3)18-20(5)12(16)4/h9-10,14,17H,6-8H2,1-5H3. The Morgan fingerprint density at radius 3 is 2.71 bits per heavy atom. The van der Waals surface area contributed by atoms with Crippen LogP contribution in [0.2, 0.25) is 0 Å². The van der Waals surface area contributed by atoms with Gasteiger partial charge in [0.05, 0.1) is 17.4 Å². The van der Waals surface area contributed by atoms with Crippen LogP contribution in [0.4, 0.5) is 5.82 Å². The Balaban J connectivity index is 2.02. The fourth-order valence-electron chi connectivity index (χ4n) is 3.33. The van der Waals surface area contributed by atoms with Crippen molar-refractivity contribution in [3.63, 3.8) is 0 Å². The maximum Gasteiger partial charge on any atom is 0.125 e. The van der Waals surface area contributed by atoms with Gasteiger partial charge in [-0.25, -0.2) is 4.68 Å². The predicted octanol–water partition coefficient (Wildman–Crippen LogP) is 2.84. The van der Waals surface area contributed by atoms with E-state index in [1.807, 2.05) is 11.7 Å². The molecule has 2 aromatic rings. The molecule has 2 aromatic heterocycles.